The largest absolute Gasteiger partial charge is 0.244 e. The fourth-order valence-corrected chi connectivity index (χ4v) is 7.41. The minimum Gasteiger partial charge on any atom is -0.229 e. The number of rotatable bonds is 3. The minimum absolute atomic E-state index is 0.0112. The third-order valence-electron chi connectivity index (χ3n) is 3.25. The summed E-state index contributed by atoms with van der Waals surface area (Å²) in [6, 6.07) is 1.04. The molecule has 0 bridgehead atoms. The van der Waals surface area contributed by atoms with Gasteiger partial charge in [0.25, 0.3) is 0 Å². The van der Waals surface area contributed by atoms with Crippen LogP contribution in [0.3, 0.4) is 0 Å². The second-order valence-electron chi connectivity index (χ2n) is 4.85. The van der Waals surface area contributed by atoms with E-state index in [1.807, 2.05) is 0 Å². The van der Waals surface area contributed by atoms with Crippen LogP contribution >= 0.6 is 22.9 Å². The lowest BCUT2D eigenvalue weighted by atomic mass is 10.4. The summed E-state index contributed by atoms with van der Waals surface area (Å²) in [5, 5.41) is 0. The molecule has 1 aromatic heterocycles. The predicted octanol–water partition coefficient (Wildman–Crippen LogP) is 1.60. The Balaban J connectivity index is 2.38. The Morgan fingerprint density at radius 2 is 2.15 bits per heavy atom. The number of aryl methyl sites for hydroxylation is 1. The second-order valence-corrected chi connectivity index (χ2v) is 10.5. The zero-order chi connectivity index (χ0) is 15.1. The van der Waals surface area contributed by atoms with Gasteiger partial charge in [-0.25, -0.2) is 16.8 Å². The highest BCUT2D eigenvalue weighted by atomic mass is 35.5. The number of hydrogen-bond acceptors (Lipinski definition) is 5. The topological polar surface area (TPSA) is 71.5 Å². The lowest BCUT2D eigenvalue weighted by molar-refractivity contribution is 0.357. The van der Waals surface area contributed by atoms with Crippen LogP contribution in [0.2, 0.25) is 0 Å². The summed E-state index contributed by atoms with van der Waals surface area (Å²) >= 11 is 7.09. The summed E-state index contributed by atoms with van der Waals surface area (Å²) in [7, 11) is -6.80. The maximum absolute atomic E-state index is 12.7. The SMILES string of the molecule is Cc1sc(CCl)cc1S(=O)(=O)N1CCS(=O)(=O)CC1C. The molecule has 9 heteroatoms. The molecule has 1 unspecified atom stereocenters. The van der Waals surface area contributed by atoms with Crippen LogP contribution in [0.25, 0.3) is 0 Å². The Morgan fingerprint density at radius 3 is 2.65 bits per heavy atom. The number of thiophene rings is 1. The molecule has 5 nitrogen and oxygen atoms in total. The molecule has 1 aromatic rings. The highest BCUT2D eigenvalue weighted by Gasteiger charge is 2.37. The van der Waals surface area contributed by atoms with Crippen molar-refractivity contribution in [3.05, 3.63) is 15.8 Å². The van der Waals surface area contributed by atoms with Gasteiger partial charge >= 0.3 is 0 Å². The van der Waals surface area contributed by atoms with Crippen LogP contribution in [-0.2, 0) is 25.7 Å². The van der Waals surface area contributed by atoms with Crippen molar-refractivity contribution in [2.75, 3.05) is 18.1 Å². The van der Waals surface area contributed by atoms with Crippen molar-refractivity contribution in [3.8, 4) is 0 Å². The van der Waals surface area contributed by atoms with Crippen molar-refractivity contribution in [3.63, 3.8) is 0 Å². The molecule has 0 radical (unpaired) electrons. The lowest BCUT2D eigenvalue weighted by Crippen LogP contribution is -2.49. The Labute approximate surface area is 128 Å². The van der Waals surface area contributed by atoms with E-state index in [2.05, 4.69) is 0 Å². The van der Waals surface area contributed by atoms with E-state index >= 15 is 0 Å². The molecule has 0 saturated carbocycles. The lowest BCUT2D eigenvalue weighted by Gasteiger charge is -2.32. The van der Waals surface area contributed by atoms with Crippen molar-refractivity contribution in [1.82, 2.24) is 4.31 Å². The van der Waals surface area contributed by atoms with E-state index in [0.29, 0.717) is 4.88 Å². The summed E-state index contributed by atoms with van der Waals surface area (Å²) < 4.78 is 49.7. The zero-order valence-corrected chi connectivity index (χ0v) is 14.4. The van der Waals surface area contributed by atoms with Crippen molar-refractivity contribution in [2.24, 2.45) is 0 Å². The Morgan fingerprint density at radius 1 is 1.50 bits per heavy atom. The minimum atomic E-state index is -3.66. The van der Waals surface area contributed by atoms with E-state index in [4.69, 9.17) is 11.6 Å². The molecule has 1 atom stereocenters. The standard InChI is InChI=1S/C11H16ClNO4S3/c1-8-7-19(14,15)4-3-13(8)20(16,17)11-5-10(6-12)18-9(11)2/h5,8H,3-4,6-7H2,1-2H3. The summed E-state index contributed by atoms with van der Waals surface area (Å²) in [6.07, 6.45) is 0. The quantitative estimate of drug-likeness (QED) is 0.770. The smallest absolute Gasteiger partial charge is 0.229 e. The maximum Gasteiger partial charge on any atom is 0.244 e. The maximum atomic E-state index is 12.7. The van der Waals surface area contributed by atoms with Crippen molar-refractivity contribution >= 4 is 42.8 Å². The molecule has 114 valence electrons. The number of nitrogens with zero attached hydrogens (tertiary/aromatic N) is 1. The zero-order valence-electron chi connectivity index (χ0n) is 11.2. The third-order valence-corrected chi connectivity index (χ3v) is 8.81. The third kappa shape index (κ3) is 3.04. The fourth-order valence-electron chi connectivity index (χ4n) is 2.31. The van der Waals surface area contributed by atoms with Gasteiger partial charge in [-0.2, -0.15) is 4.31 Å². The van der Waals surface area contributed by atoms with Crippen LogP contribution in [0.5, 0.6) is 0 Å². The first-order valence-electron chi connectivity index (χ1n) is 6.05. The van der Waals surface area contributed by atoms with Gasteiger partial charge in [0.05, 0.1) is 22.3 Å². The highest BCUT2D eigenvalue weighted by molar-refractivity contribution is 7.92. The van der Waals surface area contributed by atoms with E-state index in [9.17, 15) is 16.8 Å². The van der Waals surface area contributed by atoms with Crippen molar-refractivity contribution in [2.45, 2.75) is 30.7 Å². The normalized spacial score (nSPS) is 23.9. The second kappa shape index (κ2) is 5.57. The van der Waals surface area contributed by atoms with Crippen LogP contribution in [-0.4, -0.2) is 45.2 Å². The van der Waals surface area contributed by atoms with E-state index in [1.54, 1.807) is 19.9 Å². The van der Waals surface area contributed by atoms with Crippen molar-refractivity contribution in [1.29, 1.82) is 0 Å². The van der Waals surface area contributed by atoms with Gasteiger partial charge in [-0.15, -0.1) is 22.9 Å². The number of alkyl halides is 1. The van der Waals surface area contributed by atoms with Gasteiger partial charge in [-0.1, -0.05) is 0 Å². The molecule has 0 spiro atoms. The predicted molar refractivity (Wildman–Crippen MR) is 80.6 cm³/mol. The van der Waals surface area contributed by atoms with Crippen LogP contribution in [0, 0.1) is 6.92 Å². The molecule has 1 aliphatic rings. The monoisotopic (exact) mass is 357 g/mol. The average Bonchev–Trinajstić information content (AvgIpc) is 2.69. The van der Waals surface area contributed by atoms with Gasteiger partial charge in [-0.3, -0.25) is 0 Å². The van der Waals surface area contributed by atoms with Crippen LogP contribution in [0.15, 0.2) is 11.0 Å². The Hall–Kier alpha value is -0.150. The number of halogens is 1. The first-order valence-corrected chi connectivity index (χ1v) is 10.7. The molecule has 0 aliphatic carbocycles. The fraction of sp³-hybridized carbons (Fsp3) is 0.636. The molecule has 20 heavy (non-hydrogen) atoms. The molecule has 0 aromatic carbocycles. The first kappa shape index (κ1) is 16.2. The number of hydrogen-bond donors (Lipinski definition) is 0. The van der Waals surface area contributed by atoms with Crippen LogP contribution < -0.4 is 0 Å². The van der Waals surface area contributed by atoms with Crippen LogP contribution in [0.4, 0.5) is 0 Å². The molecule has 1 saturated heterocycles. The van der Waals surface area contributed by atoms with Crippen LogP contribution in [0.1, 0.15) is 16.7 Å². The van der Waals surface area contributed by atoms with Gasteiger partial charge in [0.1, 0.15) is 0 Å². The molecular formula is C11H16ClNO4S3. The average molecular weight is 358 g/mol. The number of sulfone groups is 1. The van der Waals surface area contributed by atoms with E-state index < -0.39 is 25.9 Å². The molecule has 1 fully saturated rings. The van der Waals surface area contributed by atoms with Gasteiger partial charge in [-0.05, 0) is 19.9 Å². The number of sulfonamides is 1. The van der Waals surface area contributed by atoms with Gasteiger partial charge < -0.3 is 0 Å². The van der Waals surface area contributed by atoms with Gasteiger partial charge in [0.2, 0.25) is 10.0 Å². The summed E-state index contributed by atoms with van der Waals surface area (Å²) in [6.45, 7) is 3.37. The molecule has 1 aliphatic heterocycles. The van der Waals surface area contributed by atoms with Gasteiger partial charge in [0.15, 0.2) is 9.84 Å². The van der Waals surface area contributed by atoms with E-state index in [1.165, 1.54) is 15.6 Å². The van der Waals surface area contributed by atoms with Gasteiger partial charge in [0, 0.05) is 22.3 Å². The van der Waals surface area contributed by atoms with E-state index in [-0.39, 0.29) is 28.8 Å². The highest BCUT2D eigenvalue weighted by Crippen LogP contribution is 2.31. The Bertz CT molecular complexity index is 708. The molecule has 2 heterocycles. The van der Waals surface area contributed by atoms with E-state index in [0.717, 1.165) is 4.88 Å². The van der Waals surface area contributed by atoms with Crippen molar-refractivity contribution < 1.29 is 16.8 Å². The first-order chi connectivity index (χ1) is 9.17. The Kier molecular flexibility index (Phi) is 4.52. The summed E-state index contributed by atoms with van der Waals surface area (Å²) in [5.41, 5.74) is 0. The molecular weight excluding hydrogens is 342 g/mol. The summed E-state index contributed by atoms with van der Waals surface area (Å²) in [5.74, 6) is 0.0187. The molecule has 0 N–H and O–H groups in total. The summed E-state index contributed by atoms with van der Waals surface area (Å²) in [4.78, 5) is 1.71. The molecule has 2 rings (SSSR count). The molecule has 0 amide bonds.